The molecule has 0 amide bonds. The van der Waals surface area contributed by atoms with Crippen molar-refractivity contribution in [1.29, 1.82) is 0 Å². The highest BCUT2D eigenvalue weighted by Gasteiger charge is 2.03. The molecule has 4 N–H and O–H groups in total. The Morgan fingerprint density at radius 3 is 2.89 bits per heavy atom. The summed E-state index contributed by atoms with van der Waals surface area (Å²) in [5.74, 6) is -0.316. The highest BCUT2D eigenvalue weighted by atomic mass is 32.1. The molecule has 19 heavy (non-hydrogen) atoms. The average Bonchev–Trinajstić information content (AvgIpc) is 2.32. The SMILES string of the molecule is Cc1cccc(N/N=C/c2c(O)[nH]c(=S)[nH]c2=O)c1. The molecule has 0 aliphatic rings. The van der Waals surface area contributed by atoms with Gasteiger partial charge in [-0.25, -0.2) is 0 Å². The van der Waals surface area contributed by atoms with Crippen molar-refractivity contribution in [2.24, 2.45) is 5.10 Å². The number of aryl methyl sites for hydroxylation is 1. The van der Waals surface area contributed by atoms with Crippen molar-refractivity contribution < 1.29 is 5.11 Å². The van der Waals surface area contributed by atoms with Crippen molar-refractivity contribution in [2.45, 2.75) is 6.92 Å². The second-order valence-corrected chi connectivity index (χ2v) is 4.32. The quantitative estimate of drug-likeness (QED) is 0.391. The van der Waals surface area contributed by atoms with Crippen molar-refractivity contribution in [3.8, 4) is 5.88 Å². The van der Waals surface area contributed by atoms with Crippen LogP contribution < -0.4 is 11.0 Å². The molecule has 0 aliphatic heterocycles. The molecule has 7 heteroatoms. The maximum atomic E-state index is 11.5. The van der Waals surface area contributed by atoms with Gasteiger partial charge in [0, 0.05) is 0 Å². The van der Waals surface area contributed by atoms with Crippen LogP contribution in [0, 0.1) is 11.7 Å². The van der Waals surface area contributed by atoms with Gasteiger partial charge >= 0.3 is 0 Å². The first-order chi connectivity index (χ1) is 9.06. The molecule has 0 fully saturated rings. The standard InChI is InChI=1S/C12H12N4O2S/c1-7-3-2-4-8(5-7)16-13-6-9-10(17)14-12(19)15-11(9)18/h2-6,16H,1H3,(H3,14,15,17,18,19)/b13-6+. The lowest BCUT2D eigenvalue weighted by atomic mass is 10.2. The second-order valence-electron chi connectivity index (χ2n) is 3.91. The van der Waals surface area contributed by atoms with Gasteiger partial charge in [-0.15, -0.1) is 0 Å². The van der Waals surface area contributed by atoms with Crippen molar-refractivity contribution in [1.82, 2.24) is 9.97 Å². The van der Waals surface area contributed by atoms with Gasteiger partial charge in [0.25, 0.3) is 5.56 Å². The maximum Gasteiger partial charge on any atom is 0.264 e. The predicted octanol–water partition coefficient (Wildman–Crippen LogP) is 1.89. The summed E-state index contributed by atoms with van der Waals surface area (Å²) in [5, 5.41) is 13.4. The van der Waals surface area contributed by atoms with Crippen molar-refractivity contribution >= 4 is 24.1 Å². The number of aromatic hydroxyl groups is 1. The molecule has 0 bridgehead atoms. The van der Waals surface area contributed by atoms with E-state index in [2.05, 4.69) is 20.5 Å². The molecule has 0 radical (unpaired) electrons. The van der Waals surface area contributed by atoms with Crippen LogP contribution in [0.4, 0.5) is 5.69 Å². The number of aromatic nitrogens is 2. The number of aromatic amines is 2. The van der Waals surface area contributed by atoms with Crippen LogP contribution in [0.2, 0.25) is 0 Å². The van der Waals surface area contributed by atoms with Gasteiger partial charge in [0.2, 0.25) is 5.88 Å². The number of hydrogen-bond donors (Lipinski definition) is 4. The number of hydrazone groups is 1. The van der Waals surface area contributed by atoms with Crippen molar-refractivity contribution in [2.75, 3.05) is 5.43 Å². The Morgan fingerprint density at radius 2 is 2.21 bits per heavy atom. The van der Waals surface area contributed by atoms with E-state index in [-0.39, 0.29) is 16.2 Å². The molecule has 1 aromatic heterocycles. The van der Waals surface area contributed by atoms with Gasteiger partial charge in [0.1, 0.15) is 5.56 Å². The monoisotopic (exact) mass is 276 g/mol. The number of anilines is 1. The Morgan fingerprint density at radius 1 is 1.42 bits per heavy atom. The Labute approximate surface area is 113 Å². The van der Waals surface area contributed by atoms with E-state index in [0.717, 1.165) is 11.3 Å². The van der Waals surface area contributed by atoms with Gasteiger partial charge < -0.3 is 10.1 Å². The zero-order chi connectivity index (χ0) is 13.8. The van der Waals surface area contributed by atoms with Crippen LogP contribution in [-0.2, 0) is 0 Å². The fraction of sp³-hybridized carbons (Fsp3) is 0.0833. The Kier molecular flexibility index (Phi) is 3.76. The van der Waals surface area contributed by atoms with E-state index in [1.165, 1.54) is 6.21 Å². The van der Waals surface area contributed by atoms with Crippen LogP contribution in [0.5, 0.6) is 5.88 Å². The number of hydrogen-bond acceptors (Lipinski definition) is 5. The van der Waals surface area contributed by atoms with Crippen LogP contribution >= 0.6 is 12.2 Å². The smallest absolute Gasteiger partial charge is 0.264 e. The third-order valence-corrected chi connectivity index (χ3v) is 2.57. The highest BCUT2D eigenvalue weighted by Crippen LogP contribution is 2.09. The van der Waals surface area contributed by atoms with Crippen LogP contribution in [0.3, 0.4) is 0 Å². The first kappa shape index (κ1) is 13.0. The molecule has 98 valence electrons. The molecule has 0 spiro atoms. The summed E-state index contributed by atoms with van der Waals surface area (Å²) in [5.41, 5.74) is 4.15. The summed E-state index contributed by atoms with van der Waals surface area (Å²) in [6, 6.07) is 7.59. The molecule has 0 saturated heterocycles. The van der Waals surface area contributed by atoms with E-state index in [1.54, 1.807) is 0 Å². The third kappa shape index (κ3) is 3.29. The molecule has 0 aliphatic carbocycles. The van der Waals surface area contributed by atoms with Gasteiger partial charge in [-0.1, -0.05) is 12.1 Å². The van der Waals surface area contributed by atoms with Crippen LogP contribution in [-0.4, -0.2) is 21.3 Å². The molecule has 2 aromatic rings. The van der Waals surface area contributed by atoms with Crippen molar-refractivity contribution in [3.63, 3.8) is 0 Å². The first-order valence-electron chi connectivity index (χ1n) is 5.47. The molecule has 0 saturated carbocycles. The normalized spacial score (nSPS) is 10.8. The molecule has 0 atom stereocenters. The van der Waals surface area contributed by atoms with E-state index >= 15 is 0 Å². The minimum Gasteiger partial charge on any atom is -0.494 e. The van der Waals surface area contributed by atoms with Crippen molar-refractivity contribution in [3.05, 3.63) is 50.5 Å². The molecular formula is C12H12N4O2S. The molecule has 1 heterocycles. The summed E-state index contributed by atoms with van der Waals surface area (Å²) in [7, 11) is 0. The molecular weight excluding hydrogens is 264 g/mol. The predicted molar refractivity (Wildman–Crippen MR) is 76.3 cm³/mol. The van der Waals surface area contributed by atoms with E-state index in [1.807, 2.05) is 31.2 Å². The largest absolute Gasteiger partial charge is 0.494 e. The molecule has 2 rings (SSSR count). The fourth-order valence-electron chi connectivity index (χ4n) is 1.49. The first-order valence-corrected chi connectivity index (χ1v) is 5.88. The zero-order valence-electron chi connectivity index (χ0n) is 10.1. The van der Waals surface area contributed by atoms with E-state index < -0.39 is 5.56 Å². The van der Waals surface area contributed by atoms with Crippen LogP contribution in [0.15, 0.2) is 34.2 Å². The number of H-pyrrole nitrogens is 2. The van der Waals surface area contributed by atoms with Gasteiger partial charge in [0.05, 0.1) is 11.9 Å². The summed E-state index contributed by atoms with van der Waals surface area (Å²) in [4.78, 5) is 16.3. The summed E-state index contributed by atoms with van der Waals surface area (Å²) >= 11 is 4.72. The van der Waals surface area contributed by atoms with Gasteiger partial charge in [-0.2, -0.15) is 5.10 Å². The lowest BCUT2D eigenvalue weighted by molar-refractivity contribution is 0.449. The molecule has 0 unspecified atom stereocenters. The fourth-order valence-corrected chi connectivity index (χ4v) is 1.68. The topological polar surface area (TPSA) is 93.3 Å². The van der Waals surface area contributed by atoms with Gasteiger partial charge in [-0.3, -0.25) is 15.2 Å². The number of nitrogens with one attached hydrogen (secondary N) is 3. The summed E-state index contributed by atoms with van der Waals surface area (Å²) in [6.07, 6.45) is 1.22. The minimum atomic E-state index is -0.504. The number of nitrogens with zero attached hydrogens (tertiary/aromatic N) is 1. The number of rotatable bonds is 3. The summed E-state index contributed by atoms with van der Waals surface area (Å²) < 4.78 is 0.0614. The Bertz CT molecular complexity index is 733. The van der Waals surface area contributed by atoms with E-state index in [4.69, 9.17) is 12.2 Å². The highest BCUT2D eigenvalue weighted by molar-refractivity contribution is 7.71. The van der Waals surface area contributed by atoms with Gasteiger partial charge in [-0.05, 0) is 36.8 Å². The Hall–Kier alpha value is -2.41. The van der Waals surface area contributed by atoms with E-state index in [9.17, 15) is 9.90 Å². The average molecular weight is 276 g/mol. The zero-order valence-corrected chi connectivity index (χ0v) is 10.9. The van der Waals surface area contributed by atoms with Gasteiger partial charge in [0.15, 0.2) is 4.77 Å². The van der Waals surface area contributed by atoms with Crippen LogP contribution in [0.1, 0.15) is 11.1 Å². The molecule has 1 aromatic carbocycles. The second kappa shape index (κ2) is 5.49. The summed E-state index contributed by atoms with van der Waals surface area (Å²) in [6.45, 7) is 1.96. The lowest BCUT2D eigenvalue weighted by Crippen LogP contribution is -2.14. The minimum absolute atomic E-state index is 0.00810. The number of benzene rings is 1. The van der Waals surface area contributed by atoms with E-state index in [0.29, 0.717) is 0 Å². The Balaban J connectivity index is 2.20. The lowest BCUT2D eigenvalue weighted by Gasteiger charge is -2.01. The maximum absolute atomic E-state index is 11.5. The van der Waals surface area contributed by atoms with Crippen LogP contribution in [0.25, 0.3) is 0 Å². The molecule has 6 nitrogen and oxygen atoms in total. The third-order valence-electron chi connectivity index (χ3n) is 2.36.